The van der Waals surface area contributed by atoms with E-state index in [2.05, 4.69) is 5.32 Å². The number of anilines is 1. The molecule has 0 aliphatic carbocycles. The van der Waals surface area contributed by atoms with Gasteiger partial charge in [-0.1, -0.05) is 41.9 Å². The van der Waals surface area contributed by atoms with Crippen LogP contribution in [0.15, 0.2) is 78.9 Å². The number of para-hydroxylation sites is 2. The number of rotatable bonds is 8. The predicted octanol–water partition coefficient (Wildman–Crippen LogP) is 4.41. The van der Waals surface area contributed by atoms with Gasteiger partial charge in [0.05, 0.1) is 5.56 Å². The van der Waals surface area contributed by atoms with Crippen LogP contribution in [0.2, 0.25) is 5.02 Å². The van der Waals surface area contributed by atoms with Crippen LogP contribution in [0.3, 0.4) is 0 Å². The van der Waals surface area contributed by atoms with E-state index >= 15 is 0 Å². The van der Waals surface area contributed by atoms with E-state index in [0.29, 0.717) is 27.8 Å². The van der Waals surface area contributed by atoms with Gasteiger partial charge in [0, 0.05) is 10.7 Å². The maximum absolute atomic E-state index is 12.5. The number of ether oxygens (including phenoxy) is 2. The lowest BCUT2D eigenvalue weighted by atomic mass is 10.2. The smallest absolute Gasteiger partial charge is 0.259 e. The Kier molecular flexibility index (Phi) is 6.89. The highest BCUT2D eigenvalue weighted by Crippen LogP contribution is 2.20. The van der Waals surface area contributed by atoms with E-state index < -0.39 is 6.10 Å². The summed E-state index contributed by atoms with van der Waals surface area (Å²) >= 11 is 5.83. The van der Waals surface area contributed by atoms with Gasteiger partial charge in [-0.05, 0) is 48.5 Å². The van der Waals surface area contributed by atoms with Crippen molar-refractivity contribution >= 4 is 23.2 Å². The number of hydrogen-bond acceptors (Lipinski definition) is 4. The van der Waals surface area contributed by atoms with Crippen molar-refractivity contribution in [2.45, 2.75) is 6.10 Å². The maximum Gasteiger partial charge on any atom is 0.259 e. The molecule has 3 rings (SSSR count). The Labute approximate surface area is 168 Å². The van der Waals surface area contributed by atoms with Crippen LogP contribution in [0.5, 0.6) is 11.5 Å². The number of carbonyl (C=O) groups is 1. The molecule has 3 aromatic rings. The molecule has 0 aliphatic heterocycles. The SMILES string of the molecule is O=C(Nc1ccccc1)c1ccccc1OC[C@@H](O)COc1ccc(Cl)cc1. The molecule has 6 heteroatoms. The Bertz CT molecular complexity index is 900. The number of carbonyl (C=O) groups excluding carboxylic acids is 1. The molecule has 2 N–H and O–H groups in total. The van der Waals surface area contributed by atoms with E-state index in [0.717, 1.165) is 0 Å². The summed E-state index contributed by atoms with van der Waals surface area (Å²) in [5.74, 6) is 0.710. The van der Waals surface area contributed by atoms with Gasteiger partial charge in [-0.25, -0.2) is 0 Å². The molecule has 144 valence electrons. The zero-order valence-electron chi connectivity index (χ0n) is 15.0. The molecule has 0 heterocycles. The van der Waals surface area contributed by atoms with Gasteiger partial charge in [-0.15, -0.1) is 0 Å². The van der Waals surface area contributed by atoms with E-state index in [1.807, 2.05) is 18.2 Å². The van der Waals surface area contributed by atoms with E-state index in [1.54, 1.807) is 60.7 Å². The first-order chi connectivity index (χ1) is 13.6. The Morgan fingerprint density at radius 3 is 2.29 bits per heavy atom. The van der Waals surface area contributed by atoms with Crippen LogP contribution in [0.25, 0.3) is 0 Å². The second kappa shape index (κ2) is 9.78. The lowest BCUT2D eigenvalue weighted by molar-refractivity contribution is 0.0621. The van der Waals surface area contributed by atoms with Gasteiger partial charge in [0.15, 0.2) is 0 Å². The van der Waals surface area contributed by atoms with E-state index in [4.69, 9.17) is 21.1 Å². The molecule has 0 fully saturated rings. The van der Waals surface area contributed by atoms with E-state index in [-0.39, 0.29) is 19.1 Å². The molecule has 0 bridgehead atoms. The number of aliphatic hydroxyl groups excluding tert-OH is 1. The topological polar surface area (TPSA) is 67.8 Å². The van der Waals surface area contributed by atoms with Gasteiger partial charge in [-0.3, -0.25) is 4.79 Å². The van der Waals surface area contributed by atoms with Crippen molar-refractivity contribution in [2.75, 3.05) is 18.5 Å². The predicted molar refractivity (Wildman–Crippen MR) is 109 cm³/mol. The molecule has 1 atom stereocenters. The van der Waals surface area contributed by atoms with Crippen molar-refractivity contribution in [3.8, 4) is 11.5 Å². The minimum Gasteiger partial charge on any atom is -0.491 e. The number of amides is 1. The molecule has 0 saturated heterocycles. The number of benzene rings is 3. The highest BCUT2D eigenvalue weighted by molar-refractivity contribution is 6.30. The Hall–Kier alpha value is -3.02. The second-order valence-corrected chi connectivity index (χ2v) is 6.48. The van der Waals surface area contributed by atoms with Crippen LogP contribution in [0.1, 0.15) is 10.4 Å². The fourth-order valence-electron chi connectivity index (χ4n) is 2.46. The Morgan fingerprint density at radius 1 is 0.893 bits per heavy atom. The molecule has 28 heavy (non-hydrogen) atoms. The molecule has 0 unspecified atom stereocenters. The number of nitrogens with one attached hydrogen (secondary N) is 1. The van der Waals surface area contributed by atoms with E-state index in [1.165, 1.54) is 0 Å². The summed E-state index contributed by atoms with van der Waals surface area (Å²) in [5, 5.41) is 13.5. The Balaban J connectivity index is 1.55. The summed E-state index contributed by atoms with van der Waals surface area (Å²) in [4.78, 5) is 12.5. The van der Waals surface area contributed by atoms with Gasteiger partial charge in [-0.2, -0.15) is 0 Å². The number of halogens is 1. The summed E-state index contributed by atoms with van der Waals surface area (Å²) in [6.07, 6.45) is -0.860. The lowest BCUT2D eigenvalue weighted by Gasteiger charge is -2.15. The van der Waals surface area contributed by atoms with Gasteiger partial charge >= 0.3 is 0 Å². The van der Waals surface area contributed by atoms with Crippen LogP contribution in [0.4, 0.5) is 5.69 Å². The number of hydrogen-bond donors (Lipinski definition) is 2. The van der Waals surface area contributed by atoms with Crippen LogP contribution in [-0.4, -0.2) is 30.3 Å². The molecule has 0 aliphatic rings. The first-order valence-electron chi connectivity index (χ1n) is 8.76. The lowest BCUT2D eigenvalue weighted by Crippen LogP contribution is -2.25. The quantitative estimate of drug-likeness (QED) is 0.590. The molecular formula is C22H20ClNO4. The van der Waals surface area contributed by atoms with Gasteiger partial charge in [0.2, 0.25) is 0 Å². The highest BCUT2D eigenvalue weighted by atomic mass is 35.5. The van der Waals surface area contributed by atoms with Gasteiger partial charge in [0.1, 0.15) is 30.8 Å². The second-order valence-electron chi connectivity index (χ2n) is 6.05. The fraction of sp³-hybridized carbons (Fsp3) is 0.136. The molecule has 3 aromatic carbocycles. The molecule has 1 amide bonds. The number of aliphatic hydroxyl groups is 1. The third-order valence-electron chi connectivity index (χ3n) is 3.85. The average Bonchev–Trinajstić information content (AvgIpc) is 2.73. The van der Waals surface area contributed by atoms with Gasteiger partial charge in [0.25, 0.3) is 5.91 Å². The van der Waals surface area contributed by atoms with Crippen molar-refractivity contribution < 1.29 is 19.4 Å². The first-order valence-corrected chi connectivity index (χ1v) is 9.14. The van der Waals surface area contributed by atoms with E-state index in [9.17, 15) is 9.90 Å². The molecule has 5 nitrogen and oxygen atoms in total. The third kappa shape index (κ3) is 5.74. The van der Waals surface area contributed by atoms with Crippen LogP contribution in [-0.2, 0) is 0 Å². The standard InChI is InChI=1S/C22H20ClNO4/c23-16-10-12-19(13-11-16)27-14-18(25)15-28-21-9-5-4-8-20(21)22(26)24-17-6-2-1-3-7-17/h1-13,18,25H,14-15H2,(H,24,26)/t18-/m0/s1. The average molecular weight is 398 g/mol. The van der Waals surface area contributed by atoms with Gasteiger partial charge < -0.3 is 19.9 Å². The summed E-state index contributed by atoms with van der Waals surface area (Å²) in [7, 11) is 0. The van der Waals surface area contributed by atoms with Crippen molar-refractivity contribution in [2.24, 2.45) is 0 Å². The van der Waals surface area contributed by atoms with Crippen LogP contribution in [0, 0.1) is 0 Å². The fourth-order valence-corrected chi connectivity index (χ4v) is 2.58. The summed E-state index contributed by atoms with van der Waals surface area (Å²) < 4.78 is 11.2. The zero-order chi connectivity index (χ0) is 19.8. The molecule has 0 aromatic heterocycles. The normalized spacial score (nSPS) is 11.5. The first kappa shape index (κ1) is 19.7. The van der Waals surface area contributed by atoms with Crippen molar-refractivity contribution in [1.29, 1.82) is 0 Å². The molecule has 0 spiro atoms. The Morgan fingerprint density at radius 2 is 1.54 bits per heavy atom. The monoisotopic (exact) mass is 397 g/mol. The highest BCUT2D eigenvalue weighted by Gasteiger charge is 2.14. The molecule has 0 radical (unpaired) electrons. The summed E-state index contributed by atoms with van der Waals surface area (Å²) in [6.45, 7) is 0.0449. The zero-order valence-corrected chi connectivity index (χ0v) is 15.8. The third-order valence-corrected chi connectivity index (χ3v) is 4.10. The van der Waals surface area contributed by atoms with Crippen molar-refractivity contribution in [3.05, 3.63) is 89.4 Å². The summed E-state index contributed by atoms with van der Waals surface area (Å²) in [5.41, 5.74) is 1.08. The minimum atomic E-state index is -0.860. The minimum absolute atomic E-state index is 0.0107. The van der Waals surface area contributed by atoms with Crippen LogP contribution >= 0.6 is 11.6 Å². The molecular weight excluding hydrogens is 378 g/mol. The maximum atomic E-state index is 12.5. The largest absolute Gasteiger partial charge is 0.491 e. The molecule has 0 saturated carbocycles. The summed E-state index contributed by atoms with van der Waals surface area (Å²) in [6, 6.07) is 22.9. The van der Waals surface area contributed by atoms with Crippen LogP contribution < -0.4 is 14.8 Å². The van der Waals surface area contributed by atoms with Crippen molar-refractivity contribution in [3.63, 3.8) is 0 Å². The van der Waals surface area contributed by atoms with Crippen molar-refractivity contribution in [1.82, 2.24) is 0 Å².